The number of benzene rings is 2. The van der Waals surface area contributed by atoms with E-state index in [1.807, 2.05) is 28.8 Å². The number of nitrogens with zero attached hydrogens (tertiary/aromatic N) is 2. The zero-order valence-electron chi connectivity index (χ0n) is 16.0. The van der Waals surface area contributed by atoms with Crippen LogP contribution in [0.3, 0.4) is 0 Å². The van der Waals surface area contributed by atoms with Gasteiger partial charge in [0.15, 0.2) is 5.16 Å². The number of aliphatic hydroxyl groups excluding tert-OH is 1. The van der Waals surface area contributed by atoms with Crippen LogP contribution in [-0.2, 0) is 24.5 Å². The minimum atomic E-state index is -0.306. The molecule has 0 aliphatic carbocycles. The SMILES string of the molecule is COc1ccc(Cn2cc(CO)nc2SCC(=O)NCc2ccc(F)cc2)cc1. The fourth-order valence-electron chi connectivity index (χ4n) is 2.67. The van der Waals surface area contributed by atoms with E-state index < -0.39 is 0 Å². The topological polar surface area (TPSA) is 76.4 Å². The molecule has 0 aliphatic rings. The lowest BCUT2D eigenvalue weighted by molar-refractivity contribution is -0.118. The second kappa shape index (κ2) is 10.1. The van der Waals surface area contributed by atoms with Crippen LogP contribution in [0, 0.1) is 5.82 Å². The van der Waals surface area contributed by atoms with Crippen LogP contribution in [0.15, 0.2) is 59.9 Å². The molecule has 0 saturated heterocycles. The van der Waals surface area contributed by atoms with Gasteiger partial charge in [-0.3, -0.25) is 4.79 Å². The number of halogens is 1. The minimum Gasteiger partial charge on any atom is -0.497 e. The van der Waals surface area contributed by atoms with E-state index in [0.717, 1.165) is 16.9 Å². The van der Waals surface area contributed by atoms with Crippen LogP contribution in [0.1, 0.15) is 16.8 Å². The average molecular weight is 415 g/mol. The highest BCUT2D eigenvalue weighted by atomic mass is 32.2. The Bertz CT molecular complexity index is 943. The van der Waals surface area contributed by atoms with E-state index in [2.05, 4.69) is 10.3 Å². The first-order valence-electron chi connectivity index (χ1n) is 9.01. The highest BCUT2D eigenvalue weighted by molar-refractivity contribution is 7.99. The van der Waals surface area contributed by atoms with Crippen molar-refractivity contribution in [2.75, 3.05) is 12.9 Å². The van der Waals surface area contributed by atoms with Gasteiger partial charge >= 0.3 is 0 Å². The maximum atomic E-state index is 12.9. The number of carbonyl (C=O) groups excluding carboxylic acids is 1. The molecule has 8 heteroatoms. The molecule has 2 aromatic carbocycles. The number of carbonyl (C=O) groups is 1. The van der Waals surface area contributed by atoms with Crippen molar-refractivity contribution >= 4 is 17.7 Å². The van der Waals surface area contributed by atoms with Crippen LogP contribution in [0.2, 0.25) is 0 Å². The quantitative estimate of drug-likeness (QED) is 0.526. The molecule has 3 aromatic rings. The Balaban J connectivity index is 1.58. The van der Waals surface area contributed by atoms with E-state index in [1.54, 1.807) is 25.4 Å². The monoisotopic (exact) mass is 415 g/mol. The molecule has 0 radical (unpaired) electrons. The van der Waals surface area contributed by atoms with Crippen LogP contribution < -0.4 is 10.1 Å². The summed E-state index contributed by atoms with van der Waals surface area (Å²) >= 11 is 1.30. The number of nitrogens with one attached hydrogen (secondary N) is 1. The summed E-state index contributed by atoms with van der Waals surface area (Å²) in [4.78, 5) is 16.6. The van der Waals surface area contributed by atoms with Crippen LogP contribution in [0.5, 0.6) is 5.75 Å². The zero-order valence-corrected chi connectivity index (χ0v) is 16.8. The second-order valence-corrected chi connectivity index (χ2v) is 7.28. The molecular formula is C21H22FN3O3S. The van der Waals surface area contributed by atoms with Crippen molar-refractivity contribution in [3.05, 3.63) is 77.4 Å². The first-order valence-corrected chi connectivity index (χ1v) is 9.99. The third-order valence-corrected chi connectivity index (χ3v) is 5.19. The minimum absolute atomic E-state index is 0.149. The third-order valence-electron chi connectivity index (χ3n) is 4.20. The van der Waals surface area contributed by atoms with Crippen LogP contribution in [0.25, 0.3) is 0 Å². The Morgan fingerprint density at radius 1 is 1.17 bits per heavy atom. The number of amides is 1. The molecule has 0 spiro atoms. The lowest BCUT2D eigenvalue weighted by Crippen LogP contribution is -2.24. The van der Waals surface area contributed by atoms with Crippen LogP contribution in [-0.4, -0.2) is 33.4 Å². The molecule has 6 nitrogen and oxygen atoms in total. The Hall–Kier alpha value is -2.84. The molecule has 2 N–H and O–H groups in total. The number of ether oxygens (including phenoxy) is 1. The smallest absolute Gasteiger partial charge is 0.230 e. The fraction of sp³-hybridized carbons (Fsp3) is 0.238. The molecule has 1 aromatic heterocycles. The number of aromatic nitrogens is 2. The zero-order chi connectivity index (χ0) is 20.6. The van der Waals surface area contributed by atoms with E-state index in [1.165, 1.54) is 23.9 Å². The van der Waals surface area contributed by atoms with Crippen LogP contribution in [0.4, 0.5) is 4.39 Å². The summed E-state index contributed by atoms with van der Waals surface area (Å²) in [6.45, 7) is 0.734. The van der Waals surface area contributed by atoms with Gasteiger partial charge in [0.05, 0.1) is 25.2 Å². The summed E-state index contributed by atoms with van der Waals surface area (Å²) in [5.41, 5.74) is 2.43. The number of thioether (sulfide) groups is 1. The van der Waals surface area contributed by atoms with Crippen molar-refractivity contribution in [3.8, 4) is 5.75 Å². The van der Waals surface area contributed by atoms with Gasteiger partial charge in [0.1, 0.15) is 11.6 Å². The Morgan fingerprint density at radius 2 is 1.86 bits per heavy atom. The van der Waals surface area contributed by atoms with Crippen molar-refractivity contribution < 1.29 is 19.0 Å². The van der Waals surface area contributed by atoms with E-state index in [9.17, 15) is 14.3 Å². The van der Waals surface area contributed by atoms with E-state index >= 15 is 0 Å². The summed E-state index contributed by atoms with van der Waals surface area (Å²) in [5.74, 6) is 0.511. The standard InChI is InChI=1S/C21H22FN3O3S/c1-28-19-8-4-16(5-9-19)11-25-12-18(13-26)24-21(25)29-14-20(27)23-10-15-2-6-17(22)7-3-15/h2-9,12,26H,10-11,13-14H2,1H3,(H,23,27). The first kappa shape index (κ1) is 20.9. The predicted octanol–water partition coefficient (Wildman–Crippen LogP) is 2.98. The largest absolute Gasteiger partial charge is 0.497 e. The Morgan fingerprint density at radius 3 is 2.52 bits per heavy atom. The van der Waals surface area contributed by atoms with Gasteiger partial charge < -0.3 is 19.7 Å². The van der Waals surface area contributed by atoms with Crippen LogP contribution >= 0.6 is 11.8 Å². The summed E-state index contributed by atoms with van der Waals surface area (Å²) in [7, 11) is 1.62. The molecule has 1 amide bonds. The molecular weight excluding hydrogens is 393 g/mol. The molecule has 0 bridgehead atoms. The predicted molar refractivity (Wildman–Crippen MR) is 109 cm³/mol. The molecule has 0 unspecified atom stereocenters. The number of methoxy groups -OCH3 is 1. The number of aliphatic hydroxyl groups is 1. The van der Waals surface area contributed by atoms with Gasteiger partial charge in [0.2, 0.25) is 5.91 Å². The van der Waals surface area contributed by atoms with Gasteiger partial charge in [-0.2, -0.15) is 0 Å². The molecule has 0 fully saturated rings. The van der Waals surface area contributed by atoms with Gasteiger partial charge in [-0.05, 0) is 35.4 Å². The molecule has 29 heavy (non-hydrogen) atoms. The molecule has 0 aliphatic heterocycles. The lowest BCUT2D eigenvalue weighted by Gasteiger charge is -2.09. The molecule has 1 heterocycles. The molecule has 0 saturated carbocycles. The summed E-state index contributed by atoms with van der Waals surface area (Å²) in [6, 6.07) is 13.7. The van der Waals surface area contributed by atoms with Gasteiger partial charge in [-0.1, -0.05) is 36.0 Å². The summed E-state index contributed by atoms with van der Waals surface area (Å²) < 4.78 is 20.0. The summed E-state index contributed by atoms with van der Waals surface area (Å²) in [6.07, 6.45) is 1.78. The van der Waals surface area contributed by atoms with E-state index in [0.29, 0.717) is 23.9 Å². The number of rotatable bonds is 9. The number of hydrogen-bond donors (Lipinski definition) is 2. The summed E-state index contributed by atoms with van der Waals surface area (Å²) in [5, 5.41) is 12.9. The molecule has 3 rings (SSSR count). The first-order chi connectivity index (χ1) is 14.1. The maximum absolute atomic E-state index is 12.9. The number of imidazole rings is 1. The maximum Gasteiger partial charge on any atom is 0.230 e. The average Bonchev–Trinajstić information content (AvgIpc) is 3.14. The van der Waals surface area contributed by atoms with Crippen molar-refractivity contribution in [1.29, 1.82) is 0 Å². The van der Waals surface area contributed by atoms with Gasteiger partial charge in [-0.25, -0.2) is 9.37 Å². The Kier molecular flexibility index (Phi) is 7.26. The number of hydrogen-bond acceptors (Lipinski definition) is 5. The van der Waals surface area contributed by atoms with Gasteiger partial charge in [-0.15, -0.1) is 0 Å². The van der Waals surface area contributed by atoms with Gasteiger partial charge in [0.25, 0.3) is 0 Å². The highest BCUT2D eigenvalue weighted by Gasteiger charge is 2.11. The van der Waals surface area contributed by atoms with E-state index in [4.69, 9.17) is 4.74 Å². The fourth-order valence-corrected chi connectivity index (χ4v) is 3.49. The molecule has 0 atom stereocenters. The highest BCUT2D eigenvalue weighted by Crippen LogP contribution is 2.20. The normalized spacial score (nSPS) is 10.7. The third kappa shape index (κ3) is 6.07. The van der Waals surface area contributed by atoms with Crippen molar-refractivity contribution in [2.45, 2.75) is 24.9 Å². The van der Waals surface area contributed by atoms with Crippen molar-refractivity contribution in [1.82, 2.24) is 14.9 Å². The van der Waals surface area contributed by atoms with Gasteiger partial charge in [0, 0.05) is 19.3 Å². The Labute approximate surface area is 172 Å². The van der Waals surface area contributed by atoms with Crippen molar-refractivity contribution in [2.24, 2.45) is 0 Å². The second-order valence-electron chi connectivity index (χ2n) is 6.34. The lowest BCUT2D eigenvalue weighted by atomic mass is 10.2. The van der Waals surface area contributed by atoms with Crippen molar-refractivity contribution in [3.63, 3.8) is 0 Å². The molecule has 152 valence electrons. The van der Waals surface area contributed by atoms with E-state index in [-0.39, 0.29) is 24.1 Å².